The molecule has 0 bridgehead atoms. The van der Waals surface area contributed by atoms with Gasteiger partial charge >= 0.3 is 5.69 Å². The maximum Gasteiger partial charge on any atom is 0.343 e. The van der Waals surface area contributed by atoms with Gasteiger partial charge in [-0.2, -0.15) is 5.10 Å². The van der Waals surface area contributed by atoms with E-state index in [0.717, 1.165) is 23.4 Å². The Kier molecular flexibility index (Phi) is 6.18. The molecule has 0 aliphatic rings. The normalized spacial score (nSPS) is 11.2. The molecule has 1 aromatic carbocycles. The highest BCUT2D eigenvalue weighted by Crippen LogP contribution is 2.29. The zero-order valence-electron chi connectivity index (χ0n) is 14.6. The van der Waals surface area contributed by atoms with Crippen LogP contribution in [0.15, 0.2) is 40.3 Å². The van der Waals surface area contributed by atoms with E-state index in [4.69, 9.17) is 16.3 Å². The zero-order chi connectivity index (χ0) is 18.5. The number of aryl methyl sites for hydroxylation is 1. The molecule has 3 rings (SSSR count). The molecule has 0 saturated heterocycles. The Labute approximate surface area is 160 Å². The molecule has 0 fully saturated rings. The third-order valence-corrected chi connectivity index (χ3v) is 5.31. The van der Waals surface area contributed by atoms with Gasteiger partial charge in [0.05, 0.1) is 11.4 Å². The predicted molar refractivity (Wildman–Crippen MR) is 102 cm³/mol. The smallest absolute Gasteiger partial charge is 0.343 e. The summed E-state index contributed by atoms with van der Waals surface area (Å²) in [6, 6.07) is 9.75. The summed E-state index contributed by atoms with van der Waals surface area (Å²) in [5, 5.41) is 12.4. The summed E-state index contributed by atoms with van der Waals surface area (Å²) in [7, 11) is 1.64. The molecular formula is C17H20ClN5O2S. The van der Waals surface area contributed by atoms with Crippen LogP contribution in [0.1, 0.15) is 17.7 Å². The van der Waals surface area contributed by atoms with E-state index in [2.05, 4.69) is 15.3 Å². The van der Waals surface area contributed by atoms with E-state index >= 15 is 0 Å². The monoisotopic (exact) mass is 393 g/mol. The highest BCUT2D eigenvalue weighted by molar-refractivity contribution is 7.98. The number of aromatic amines is 1. The summed E-state index contributed by atoms with van der Waals surface area (Å²) in [6.07, 6.45) is 0.745. The Balaban J connectivity index is 1.77. The molecule has 0 aliphatic carbocycles. The Hall–Kier alpha value is -2.03. The molecule has 3 aromatic rings. The molecule has 26 heavy (non-hydrogen) atoms. The lowest BCUT2D eigenvalue weighted by Crippen LogP contribution is -2.18. The van der Waals surface area contributed by atoms with Crippen molar-refractivity contribution in [3.8, 4) is 5.69 Å². The van der Waals surface area contributed by atoms with Crippen LogP contribution in [0.3, 0.4) is 0 Å². The number of H-pyrrole nitrogens is 1. The molecule has 0 aliphatic heterocycles. The molecule has 0 radical (unpaired) electrons. The third-order valence-electron chi connectivity index (χ3n) is 3.92. The number of aromatic nitrogens is 5. The van der Waals surface area contributed by atoms with E-state index in [1.54, 1.807) is 16.4 Å². The van der Waals surface area contributed by atoms with Gasteiger partial charge in [0.25, 0.3) is 0 Å². The number of thioether (sulfide) groups is 1. The van der Waals surface area contributed by atoms with Crippen molar-refractivity contribution in [2.75, 3.05) is 13.7 Å². The number of para-hydroxylation sites is 1. The number of halogens is 1. The molecule has 138 valence electrons. The van der Waals surface area contributed by atoms with Gasteiger partial charge in [0.1, 0.15) is 5.15 Å². The van der Waals surface area contributed by atoms with Gasteiger partial charge in [-0.15, -0.1) is 5.10 Å². The second-order valence-corrected chi connectivity index (χ2v) is 7.00. The van der Waals surface area contributed by atoms with Gasteiger partial charge in [0.2, 0.25) is 0 Å². The minimum atomic E-state index is -0.216. The van der Waals surface area contributed by atoms with E-state index in [1.807, 2.05) is 37.3 Å². The number of methoxy groups -OCH3 is 1. The Morgan fingerprint density at radius 1 is 1.31 bits per heavy atom. The first-order valence-electron chi connectivity index (χ1n) is 8.18. The molecular weight excluding hydrogens is 374 g/mol. The van der Waals surface area contributed by atoms with Crippen molar-refractivity contribution in [3.05, 3.63) is 57.2 Å². The first-order valence-corrected chi connectivity index (χ1v) is 9.54. The second-order valence-electron chi connectivity index (χ2n) is 5.70. The zero-order valence-corrected chi connectivity index (χ0v) is 16.2. The van der Waals surface area contributed by atoms with Crippen LogP contribution in [0, 0.1) is 6.92 Å². The highest BCUT2D eigenvalue weighted by atomic mass is 35.5. The van der Waals surface area contributed by atoms with Crippen LogP contribution in [0.2, 0.25) is 5.15 Å². The molecule has 2 aromatic heterocycles. The fourth-order valence-corrected chi connectivity index (χ4v) is 4.03. The van der Waals surface area contributed by atoms with Crippen LogP contribution >= 0.6 is 23.4 Å². The van der Waals surface area contributed by atoms with Crippen LogP contribution in [0.5, 0.6) is 0 Å². The Bertz CT molecular complexity index is 919. The number of nitrogens with zero attached hydrogens (tertiary/aromatic N) is 4. The molecule has 0 spiro atoms. The van der Waals surface area contributed by atoms with Crippen LogP contribution in [0.4, 0.5) is 0 Å². The maximum absolute atomic E-state index is 11.9. The summed E-state index contributed by atoms with van der Waals surface area (Å²) in [5.74, 6) is 0.575. The number of hydrogen-bond donors (Lipinski definition) is 1. The molecule has 0 atom stereocenters. The Morgan fingerprint density at radius 2 is 2.08 bits per heavy atom. The standard InChI is InChI=1S/C17H20ClN5O2S/c1-12-14(15(18)23(21-12)13-7-4-3-5-8-13)11-26-17-20-19-16(24)22(17)9-6-10-25-2/h3-5,7-8H,6,9-11H2,1-2H3,(H,19,24). The van der Waals surface area contributed by atoms with Gasteiger partial charge in [0, 0.05) is 31.6 Å². The van der Waals surface area contributed by atoms with E-state index in [9.17, 15) is 4.79 Å². The van der Waals surface area contributed by atoms with Crippen LogP contribution in [0.25, 0.3) is 5.69 Å². The first-order chi connectivity index (χ1) is 12.6. The number of rotatable bonds is 8. The quantitative estimate of drug-likeness (QED) is 0.470. The van der Waals surface area contributed by atoms with Gasteiger partial charge < -0.3 is 4.74 Å². The summed E-state index contributed by atoms with van der Waals surface area (Å²) in [5.41, 5.74) is 2.48. The van der Waals surface area contributed by atoms with Crippen molar-refractivity contribution in [2.45, 2.75) is 30.8 Å². The van der Waals surface area contributed by atoms with Gasteiger partial charge in [0.15, 0.2) is 5.16 Å². The van der Waals surface area contributed by atoms with Crippen molar-refractivity contribution in [1.82, 2.24) is 24.5 Å². The van der Waals surface area contributed by atoms with Gasteiger partial charge in [-0.3, -0.25) is 4.57 Å². The molecule has 0 saturated carbocycles. The fourth-order valence-electron chi connectivity index (χ4n) is 2.55. The largest absolute Gasteiger partial charge is 0.385 e. The lowest BCUT2D eigenvalue weighted by Gasteiger charge is -2.05. The summed E-state index contributed by atoms with van der Waals surface area (Å²) >= 11 is 8.01. The van der Waals surface area contributed by atoms with Crippen molar-refractivity contribution in [2.24, 2.45) is 0 Å². The molecule has 2 heterocycles. The summed E-state index contributed by atoms with van der Waals surface area (Å²) in [4.78, 5) is 11.9. The lowest BCUT2D eigenvalue weighted by atomic mass is 10.3. The second kappa shape index (κ2) is 8.57. The average molecular weight is 394 g/mol. The summed E-state index contributed by atoms with van der Waals surface area (Å²) < 4.78 is 8.39. The first kappa shape index (κ1) is 18.8. The number of benzene rings is 1. The van der Waals surface area contributed by atoms with Crippen LogP contribution < -0.4 is 5.69 Å². The number of ether oxygens (including phenoxy) is 1. The predicted octanol–water partition coefficient (Wildman–Crippen LogP) is 3.05. The van der Waals surface area contributed by atoms with E-state index in [-0.39, 0.29) is 5.69 Å². The topological polar surface area (TPSA) is 77.7 Å². The molecule has 0 amide bonds. The SMILES string of the molecule is COCCCn1c(SCc2c(C)nn(-c3ccccc3)c2Cl)n[nH]c1=O. The highest BCUT2D eigenvalue weighted by Gasteiger charge is 2.17. The molecule has 1 N–H and O–H groups in total. The maximum atomic E-state index is 11.9. The van der Waals surface area contributed by atoms with Crippen LogP contribution in [-0.4, -0.2) is 38.3 Å². The molecule has 9 heteroatoms. The Morgan fingerprint density at radius 3 is 2.81 bits per heavy atom. The van der Waals surface area contributed by atoms with E-state index in [1.165, 1.54) is 11.8 Å². The lowest BCUT2D eigenvalue weighted by molar-refractivity contribution is 0.189. The van der Waals surface area contributed by atoms with Crippen molar-refractivity contribution in [1.29, 1.82) is 0 Å². The van der Waals surface area contributed by atoms with Crippen LogP contribution in [-0.2, 0) is 17.0 Å². The van der Waals surface area contributed by atoms with Crippen molar-refractivity contribution >= 4 is 23.4 Å². The van der Waals surface area contributed by atoms with Gasteiger partial charge in [-0.05, 0) is 25.5 Å². The average Bonchev–Trinajstić information content (AvgIpc) is 3.14. The molecule has 0 unspecified atom stereocenters. The minimum absolute atomic E-state index is 0.216. The summed E-state index contributed by atoms with van der Waals surface area (Å²) in [6.45, 7) is 3.08. The number of hydrogen-bond acceptors (Lipinski definition) is 5. The van der Waals surface area contributed by atoms with E-state index in [0.29, 0.717) is 29.2 Å². The van der Waals surface area contributed by atoms with Crippen molar-refractivity contribution < 1.29 is 4.74 Å². The third kappa shape index (κ3) is 4.03. The van der Waals surface area contributed by atoms with Crippen molar-refractivity contribution in [3.63, 3.8) is 0 Å². The number of nitrogens with one attached hydrogen (secondary N) is 1. The fraction of sp³-hybridized carbons (Fsp3) is 0.353. The van der Waals surface area contributed by atoms with Gasteiger partial charge in [-0.1, -0.05) is 41.6 Å². The van der Waals surface area contributed by atoms with Gasteiger partial charge in [-0.25, -0.2) is 14.6 Å². The minimum Gasteiger partial charge on any atom is -0.385 e. The molecule has 7 nitrogen and oxygen atoms in total. The van der Waals surface area contributed by atoms with E-state index < -0.39 is 0 Å².